The van der Waals surface area contributed by atoms with Gasteiger partial charge in [0.1, 0.15) is 0 Å². The van der Waals surface area contributed by atoms with Gasteiger partial charge in [-0.05, 0) is 34.4 Å². The number of amides is 1. The van der Waals surface area contributed by atoms with Crippen molar-refractivity contribution in [2.24, 2.45) is 5.92 Å². The van der Waals surface area contributed by atoms with Gasteiger partial charge in [0.05, 0.1) is 17.9 Å². The van der Waals surface area contributed by atoms with E-state index in [0.29, 0.717) is 18.9 Å². The maximum absolute atomic E-state index is 12.7. The summed E-state index contributed by atoms with van der Waals surface area (Å²) < 4.78 is 2.06. The SMILES string of the molecule is CC(C)CN(Cc1ccsc1)C(=O)CCc1cc2n(n1)CCNC2. The van der Waals surface area contributed by atoms with Gasteiger partial charge in [0.25, 0.3) is 0 Å². The maximum Gasteiger partial charge on any atom is 0.223 e. The van der Waals surface area contributed by atoms with E-state index in [2.05, 4.69) is 51.8 Å². The first-order chi connectivity index (χ1) is 11.6. The molecule has 2 aromatic heterocycles. The summed E-state index contributed by atoms with van der Waals surface area (Å²) in [5, 5.41) is 12.2. The molecular weight excluding hydrogens is 320 g/mol. The molecule has 24 heavy (non-hydrogen) atoms. The summed E-state index contributed by atoms with van der Waals surface area (Å²) in [6.07, 6.45) is 1.25. The number of carbonyl (C=O) groups is 1. The molecule has 0 spiro atoms. The molecule has 0 aliphatic carbocycles. The first-order valence-corrected chi connectivity index (χ1v) is 9.61. The van der Waals surface area contributed by atoms with Gasteiger partial charge in [-0.2, -0.15) is 16.4 Å². The van der Waals surface area contributed by atoms with E-state index in [4.69, 9.17) is 0 Å². The molecule has 6 heteroatoms. The molecule has 0 radical (unpaired) electrons. The number of rotatable bonds is 7. The molecule has 1 N–H and O–H groups in total. The lowest BCUT2D eigenvalue weighted by atomic mass is 10.1. The lowest BCUT2D eigenvalue weighted by molar-refractivity contribution is -0.132. The van der Waals surface area contributed by atoms with Crippen molar-refractivity contribution in [3.63, 3.8) is 0 Å². The van der Waals surface area contributed by atoms with Crippen molar-refractivity contribution in [2.75, 3.05) is 13.1 Å². The van der Waals surface area contributed by atoms with E-state index >= 15 is 0 Å². The minimum Gasteiger partial charge on any atom is -0.338 e. The fraction of sp³-hybridized carbons (Fsp3) is 0.556. The molecule has 0 saturated heterocycles. The zero-order valence-electron chi connectivity index (χ0n) is 14.5. The Bertz CT molecular complexity index is 639. The Morgan fingerprint density at radius 3 is 3.08 bits per heavy atom. The van der Waals surface area contributed by atoms with Gasteiger partial charge in [0.15, 0.2) is 0 Å². The van der Waals surface area contributed by atoms with Crippen LogP contribution in [0.25, 0.3) is 0 Å². The molecule has 0 atom stereocenters. The third-order valence-corrected chi connectivity index (χ3v) is 4.94. The molecule has 2 aromatic rings. The van der Waals surface area contributed by atoms with Crippen LogP contribution in [0.4, 0.5) is 0 Å². The Hall–Kier alpha value is -1.66. The van der Waals surface area contributed by atoms with Crippen LogP contribution in [0, 0.1) is 5.92 Å². The highest BCUT2D eigenvalue weighted by molar-refractivity contribution is 7.07. The van der Waals surface area contributed by atoms with Crippen LogP contribution < -0.4 is 5.32 Å². The predicted octanol–water partition coefficient (Wildman–Crippen LogP) is 2.67. The summed E-state index contributed by atoms with van der Waals surface area (Å²) in [6, 6.07) is 4.23. The number of hydrogen-bond donors (Lipinski definition) is 1. The highest BCUT2D eigenvalue weighted by atomic mass is 32.1. The number of fused-ring (bicyclic) bond motifs is 1. The van der Waals surface area contributed by atoms with Crippen molar-refractivity contribution < 1.29 is 4.79 Å². The topological polar surface area (TPSA) is 50.2 Å². The number of aryl methyl sites for hydroxylation is 1. The number of hydrogen-bond acceptors (Lipinski definition) is 4. The number of carbonyl (C=O) groups excluding carboxylic acids is 1. The third-order valence-electron chi connectivity index (χ3n) is 4.21. The smallest absolute Gasteiger partial charge is 0.223 e. The molecule has 1 aliphatic heterocycles. The average molecular weight is 347 g/mol. The number of thiophene rings is 1. The Labute approximate surface area is 147 Å². The Balaban J connectivity index is 1.59. The third kappa shape index (κ3) is 4.45. The van der Waals surface area contributed by atoms with Crippen LogP contribution in [0.5, 0.6) is 0 Å². The van der Waals surface area contributed by atoms with Crippen molar-refractivity contribution in [3.05, 3.63) is 39.8 Å². The van der Waals surface area contributed by atoms with Gasteiger partial charge in [0.2, 0.25) is 5.91 Å². The van der Waals surface area contributed by atoms with E-state index in [1.54, 1.807) is 11.3 Å². The van der Waals surface area contributed by atoms with Crippen molar-refractivity contribution in [1.82, 2.24) is 20.0 Å². The van der Waals surface area contributed by atoms with Gasteiger partial charge >= 0.3 is 0 Å². The molecular formula is C18H26N4OS. The van der Waals surface area contributed by atoms with E-state index in [1.165, 1.54) is 11.3 Å². The molecule has 1 aliphatic rings. The van der Waals surface area contributed by atoms with Crippen molar-refractivity contribution in [2.45, 2.75) is 46.3 Å². The maximum atomic E-state index is 12.7. The fourth-order valence-corrected chi connectivity index (χ4v) is 3.73. The summed E-state index contributed by atoms with van der Waals surface area (Å²) in [5.41, 5.74) is 3.47. The van der Waals surface area contributed by atoms with Crippen LogP contribution in [0.3, 0.4) is 0 Å². The monoisotopic (exact) mass is 346 g/mol. The predicted molar refractivity (Wildman–Crippen MR) is 96.8 cm³/mol. The first-order valence-electron chi connectivity index (χ1n) is 8.67. The lowest BCUT2D eigenvalue weighted by Crippen LogP contribution is -2.33. The van der Waals surface area contributed by atoms with Crippen LogP contribution >= 0.6 is 11.3 Å². The van der Waals surface area contributed by atoms with E-state index in [0.717, 1.165) is 38.3 Å². The summed E-state index contributed by atoms with van der Waals surface area (Å²) in [5.74, 6) is 0.692. The minimum absolute atomic E-state index is 0.221. The molecule has 3 heterocycles. The molecule has 0 bridgehead atoms. The second-order valence-electron chi connectivity index (χ2n) is 6.83. The lowest BCUT2D eigenvalue weighted by Gasteiger charge is -2.24. The summed E-state index contributed by atoms with van der Waals surface area (Å²) in [6.45, 7) is 8.59. The standard InChI is InChI=1S/C18H26N4OS/c1-14(2)11-21(12-15-5-8-24-13-15)18(23)4-3-16-9-17-10-19-6-7-22(17)20-16/h5,8-9,13-14,19H,3-4,6-7,10-12H2,1-2H3. The molecule has 130 valence electrons. The fourth-order valence-electron chi connectivity index (χ4n) is 3.07. The minimum atomic E-state index is 0.221. The molecule has 0 unspecified atom stereocenters. The van der Waals surface area contributed by atoms with Crippen LogP contribution in [0.1, 0.15) is 37.2 Å². The van der Waals surface area contributed by atoms with E-state index in [-0.39, 0.29) is 5.91 Å². The first kappa shape index (κ1) is 17.2. The Morgan fingerprint density at radius 1 is 1.50 bits per heavy atom. The second-order valence-corrected chi connectivity index (χ2v) is 7.61. The normalized spacial score (nSPS) is 14.0. The van der Waals surface area contributed by atoms with Crippen LogP contribution in [0.2, 0.25) is 0 Å². The van der Waals surface area contributed by atoms with E-state index in [9.17, 15) is 4.79 Å². The van der Waals surface area contributed by atoms with Gasteiger partial charge in [-0.3, -0.25) is 9.48 Å². The Morgan fingerprint density at radius 2 is 2.38 bits per heavy atom. The highest BCUT2D eigenvalue weighted by Crippen LogP contribution is 2.14. The Kier molecular flexibility index (Phi) is 5.68. The molecule has 0 fully saturated rings. The second kappa shape index (κ2) is 7.94. The largest absolute Gasteiger partial charge is 0.338 e. The quantitative estimate of drug-likeness (QED) is 0.838. The van der Waals surface area contributed by atoms with E-state index in [1.807, 2.05) is 4.90 Å². The summed E-state index contributed by atoms with van der Waals surface area (Å²) in [4.78, 5) is 14.7. The van der Waals surface area contributed by atoms with Gasteiger partial charge in [0, 0.05) is 39.0 Å². The van der Waals surface area contributed by atoms with Crippen molar-refractivity contribution >= 4 is 17.2 Å². The molecule has 0 saturated carbocycles. The molecule has 5 nitrogen and oxygen atoms in total. The van der Waals surface area contributed by atoms with Gasteiger partial charge in [-0.15, -0.1) is 0 Å². The van der Waals surface area contributed by atoms with Crippen LogP contribution in [0.15, 0.2) is 22.9 Å². The van der Waals surface area contributed by atoms with Crippen molar-refractivity contribution in [3.8, 4) is 0 Å². The van der Waals surface area contributed by atoms with Crippen LogP contribution in [-0.4, -0.2) is 33.7 Å². The van der Waals surface area contributed by atoms with Crippen molar-refractivity contribution in [1.29, 1.82) is 0 Å². The highest BCUT2D eigenvalue weighted by Gasteiger charge is 2.17. The molecule has 0 aromatic carbocycles. The van der Waals surface area contributed by atoms with Crippen LogP contribution in [-0.2, 0) is 30.8 Å². The average Bonchev–Trinajstić information content (AvgIpc) is 3.20. The van der Waals surface area contributed by atoms with Gasteiger partial charge in [-0.25, -0.2) is 0 Å². The zero-order chi connectivity index (χ0) is 16.9. The van der Waals surface area contributed by atoms with E-state index < -0.39 is 0 Å². The zero-order valence-corrected chi connectivity index (χ0v) is 15.3. The van der Waals surface area contributed by atoms with Gasteiger partial charge in [-0.1, -0.05) is 13.8 Å². The number of nitrogens with one attached hydrogen (secondary N) is 1. The molecule has 1 amide bonds. The number of aromatic nitrogens is 2. The summed E-state index contributed by atoms with van der Waals surface area (Å²) in [7, 11) is 0. The summed E-state index contributed by atoms with van der Waals surface area (Å²) >= 11 is 1.68. The van der Waals surface area contributed by atoms with Gasteiger partial charge < -0.3 is 10.2 Å². The number of nitrogens with zero attached hydrogens (tertiary/aromatic N) is 3. The molecule has 3 rings (SSSR count).